The van der Waals surface area contributed by atoms with Gasteiger partial charge in [-0.3, -0.25) is 0 Å². The molecule has 1 N–H and O–H groups in total. The molecule has 0 bridgehead atoms. The van der Waals surface area contributed by atoms with Crippen molar-refractivity contribution in [3.8, 4) is 0 Å². The van der Waals surface area contributed by atoms with Gasteiger partial charge in [-0.1, -0.05) is 12.8 Å². The third kappa shape index (κ3) is 3.71. The summed E-state index contributed by atoms with van der Waals surface area (Å²) in [5.41, 5.74) is 0. The van der Waals surface area contributed by atoms with Gasteiger partial charge in [0.1, 0.15) is 0 Å². The van der Waals surface area contributed by atoms with Gasteiger partial charge in [0.2, 0.25) is 0 Å². The normalized spacial score (nSPS) is 27.0. The van der Waals surface area contributed by atoms with Crippen molar-refractivity contribution in [2.24, 2.45) is 17.8 Å². The first-order valence-electron chi connectivity index (χ1n) is 8.24. The summed E-state index contributed by atoms with van der Waals surface area (Å²) in [6.07, 6.45) is 11.8. The standard InChI is InChI=1S/C16H30N2/c1-17-16(15-4-2-3-5-15)12-18(10-13-6-7-13)11-14-8-9-14/h13-17H,2-12H2,1H3. The second-order valence-corrected chi connectivity index (χ2v) is 7.04. The zero-order chi connectivity index (χ0) is 12.4. The molecule has 0 amide bonds. The van der Waals surface area contributed by atoms with Crippen molar-refractivity contribution < 1.29 is 0 Å². The van der Waals surface area contributed by atoms with Gasteiger partial charge in [0.05, 0.1) is 0 Å². The van der Waals surface area contributed by atoms with Crippen LogP contribution in [0.25, 0.3) is 0 Å². The van der Waals surface area contributed by atoms with Gasteiger partial charge in [-0.05, 0) is 63.3 Å². The van der Waals surface area contributed by atoms with Crippen molar-refractivity contribution in [1.29, 1.82) is 0 Å². The monoisotopic (exact) mass is 250 g/mol. The van der Waals surface area contributed by atoms with E-state index in [1.165, 1.54) is 71.0 Å². The Balaban J connectivity index is 1.50. The Morgan fingerprint density at radius 1 is 0.944 bits per heavy atom. The molecule has 0 heterocycles. The van der Waals surface area contributed by atoms with Crippen LogP contribution in [-0.2, 0) is 0 Å². The first-order valence-corrected chi connectivity index (χ1v) is 8.24. The van der Waals surface area contributed by atoms with E-state index in [1.54, 1.807) is 0 Å². The Morgan fingerprint density at radius 2 is 1.50 bits per heavy atom. The first-order chi connectivity index (χ1) is 8.85. The van der Waals surface area contributed by atoms with Crippen LogP contribution < -0.4 is 5.32 Å². The number of rotatable bonds is 8. The highest BCUT2D eigenvalue weighted by Gasteiger charge is 2.32. The first kappa shape index (κ1) is 12.9. The van der Waals surface area contributed by atoms with Crippen LogP contribution in [0.5, 0.6) is 0 Å². The van der Waals surface area contributed by atoms with E-state index in [-0.39, 0.29) is 0 Å². The van der Waals surface area contributed by atoms with Gasteiger partial charge in [-0.15, -0.1) is 0 Å². The molecule has 0 aromatic heterocycles. The average Bonchev–Trinajstić information content (AvgIpc) is 3.29. The van der Waals surface area contributed by atoms with Crippen LogP contribution in [0, 0.1) is 17.8 Å². The largest absolute Gasteiger partial charge is 0.315 e. The molecule has 0 spiro atoms. The van der Waals surface area contributed by atoms with Crippen LogP contribution in [-0.4, -0.2) is 37.6 Å². The molecule has 18 heavy (non-hydrogen) atoms. The Labute approximate surface area is 113 Å². The summed E-state index contributed by atoms with van der Waals surface area (Å²) in [5, 5.41) is 3.62. The minimum atomic E-state index is 0.755. The van der Waals surface area contributed by atoms with Gasteiger partial charge in [0.25, 0.3) is 0 Å². The van der Waals surface area contributed by atoms with Crippen LogP contribution in [0.1, 0.15) is 51.4 Å². The van der Waals surface area contributed by atoms with Crippen molar-refractivity contribution in [2.75, 3.05) is 26.7 Å². The van der Waals surface area contributed by atoms with Gasteiger partial charge in [0, 0.05) is 25.7 Å². The molecule has 3 aliphatic carbocycles. The molecule has 0 saturated heterocycles. The fraction of sp³-hybridized carbons (Fsp3) is 1.00. The summed E-state index contributed by atoms with van der Waals surface area (Å²) >= 11 is 0. The van der Waals surface area contributed by atoms with Crippen molar-refractivity contribution in [3.05, 3.63) is 0 Å². The van der Waals surface area contributed by atoms with Crippen molar-refractivity contribution in [2.45, 2.75) is 57.4 Å². The second-order valence-electron chi connectivity index (χ2n) is 7.04. The molecule has 0 aliphatic heterocycles. The predicted octanol–water partition coefficient (Wildman–Crippen LogP) is 2.89. The highest BCUT2D eigenvalue weighted by molar-refractivity contribution is 4.87. The van der Waals surface area contributed by atoms with E-state index >= 15 is 0 Å². The molecule has 2 nitrogen and oxygen atoms in total. The molecular weight excluding hydrogens is 220 g/mol. The van der Waals surface area contributed by atoms with Crippen LogP contribution in [0.3, 0.4) is 0 Å². The van der Waals surface area contributed by atoms with Gasteiger partial charge in [-0.2, -0.15) is 0 Å². The van der Waals surface area contributed by atoms with E-state index < -0.39 is 0 Å². The van der Waals surface area contributed by atoms with E-state index in [0.717, 1.165) is 23.8 Å². The molecule has 0 aromatic carbocycles. The maximum absolute atomic E-state index is 3.62. The van der Waals surface area contributed by atoms with Gasteiger partial charge >= 0.3 is 0 Å². The van der Waals surface area contributed by atoms with Crippen LogP contribution in [0.15, 0.2) is 0 Å². The molecule has 3 rings (SSSR count). The lowest BCUT2D eigenvalue weighted by atomic mass is 9.97. The summed E-state index contributed by atoms with van der Waals surface area (Å²) in [6, 6.07) is 0.755. The lowest BCUT2D eigenvalue weighted by molar-refractivity contribution is 0.200. The summed E-state index contributed by atoms with van der Waals surface area (Å²) in [7, 11) is 2.18. The van der Waals surface area contributed by atoms with Crippen molar-refractivity contribution in [3.63, 3.8) is 0 Å². The lowest BCUT2D eigenvalue weighted by Gasteiger charge is -2.31. The van der Waals surface area contributed by atoms with E-state index in [9.17, 15) is 0 Å². The Hall–Kier alpha value is -0.0800. The van der Waals surface area contributed by atoms with E-state index in [1.807, 2.05) is 0 Å². The highest BCUT2D eigenvalue weighted by atomic mass is 15.2. The van der Waals surface area contributed by atoms with E-state index in [4.69, 9.17) is 0 Å². The Kier molecular flexibility index (Phi) is 4.25. The molecule has 2 heteroatoms. The van der Waals surface area contributed by atoms with Crippen LogP contribution >= 0.6 is 0 Å². The fourth-order valence-corrected chi connectivity index (χ4v) is 3.67. The number of hydrogen-bond donors (Lipinski definition) is 1. The molecule has 1 atom stereocenters. The van der Waals surface area contributed by atoms with Gasteiger partial charge in [0.15, 0.2) is 0 Å². The topological polar surface area (TPSA) is 15.3 Å². The highest BCUT2D eigenvalue weighted by Crippen LogP contribution is 2.35. The summed E-state index contributed by atoms with van der Waals surface area (Å²) in [4.78, 5) is 2.80. The molecule has 3 saturated carbocycles. The van der Waals surface area contributed by atoms with Crippen molar-refractivity contribution >= 4 is 0 Å². The van der Waals surface area contributed by atoms with Gasteiger partial charge < -0.3 is 10.2 Å². The minimum Gasteiger partial charge on any atom is -0.315 e. The van der Waals surface area contributed by atoms with Gasteiger partial charge in [-0.25, -0.2) is 0 Å². The average molecular weight is 250 g/mol. The number of nitrogens with one attached hydrogen (secondary N) is 1. The zero-order valence-corrected chi connectivity index (χ0v) is 12.0. The quantitative estimate of drug-likeness (QED) is 0.712. The van der Waals surface area contributed by atoms with Crippen LogP contribution in [0.4, 0.5) is 0 Å². The number of nitrogens with zero attached hydrogens (tertiary/aromatic N) is 1. The Bertz CT molecular complexity index is 238. The zero-order valence-electron chi connectivity index (χ0n) is 12.0. The molecule has 0 aromatic rings. The fourth-order valence-electron chi connectivity index (χ4n) is 3.67. The van der Waals surface area contributed by atoms with Crippen LogP contribution in [0.2, 0.25) is 0 Å². The molecule has 0 radical (unpaired) electrons. The molecule has 104 valence electrons. The Morgan fingerprint density at radius 3 is 1.94 bits per heavy atom. The summed E-state index contributed by atoms with van der Waals surface area (Å²) in [6.45, 7) is 4.09. The number of hydrogen-bond acceptors (Lipinski definition) is 2. The van der Waals surface area contributed by atoms with E-state index in [2.05, 4.69) is 17.3 Å². The number of likely N-dealkylation sites (N-methyl/N-ethyl adjacent to an activating group) is 1. The van der Waals surface area contributed by atoms with E-state index in [0.29, 0.717) is 0 Å². The smallest absolute Gasteiger partial charge is 0.0220 e. The maximum atomic E-state index is 3.62. The summed E-state index contributed by atoms with van der Waals surface area (Å²) < 4.78 is 0. The maximum Gasteiger partial charge on any atom is 0.0220 e. The third-order valence-corrected chi connectivity index (χ3v) is 5.22. The molecular formula is C16H30N2. The molecule has 3 aliphatic rings. The minimum absolute atomic E-state index is 0.755. The van der Waals surface area contributed by atoms with Crippen molar-refractivity contribution in [1.82, 2.24) is 10.2 Å². The predicted molar refractivity (Wildman–Crippen MR) is 76.7 cm³/mol. The second kappa shape index (κ2) is 5.92. The lowest BCUT2D eigenvalue weighted by Crippen LogP contribution is -2.44. The summed E-state index contributed by atoms with van der Waals surface area (Å²) in [5.74, 6) is 3.05. The molecule has 3 fully saturated rings. The third-order valence-electron chi connectivity index (χ3n) is 5.22. The molecule has 1 unspecified atom stereocenters. The SMILES string of the molecule is CNC(CN(CC1CC1)CC1CC1)C1CCCC1.